The number of nitrogens with zero attached hydrogens (tertiary/aromatic N) is 1. The Bertz CT molecular complexity index is 920. The molecule has 2 amide bonds. The number of carbonyl (C=O) groups is 2. The van der Waals surface area contributed by atoms with Gasteiger partial charge < -0.3 is 15.0 Å². The Morgan fingerprint density at radius 1 is 1.30 bits per heavy atom. The first-order chi connectivity index (χ1) is 12.8. The lowest BCUT2D eigenvalue weighted by atomic mass is 10.1. The summed E-state index contributed by atoms with van der Waals surface area (Å²) in [6.45, 7) is 2.08. The van der Waals surface area contributed by atoms with Crippen LogP contribution in [0.2, 0.25) is 10.0 Å². The van der Waals surface area contributed by atoms with Gasteiger partial charge in [-0.05, 0) is 58.7 Å². The minimum atomic E-state index is -0.483. The molecular formula is C19H17BrCl2N2O3. The summed E-state index contributed by atoms with van der Waals surface area (Å²) in [6.07, 6.45) is 0.116. The first-order valence-electron chi connectivity index (χ1n) is 8.21. The number of amides is 2. The number of hydrogen-bond donors (Lipinski definition) is 1. The van der Waals surface area contributed by atoms with Gasteiger partial charge in [0.15, 0.2) is 0 Å². The molecule has 3 rings (SSSR count). The number of methoxy groups -OCH3 is 1. The maximum absolute atomic E-state index is 12.7. The lowest BCUT2D eigenvalue weighted by Gasteiger charge is -2.20. The standard InChI is InChI=1S/C19H17BrCl2N2O3/c1-10-14(5-4-13(20)18(10)22)23-19(26)11-7-17(25)24(9-11)15-8-12(21)3-6-16(15)27-2/h3-6,8,11H,7,9H2,1-2H3,(H,23,26)/t11-/m1/s1. The number of rotatable bonds is 4. The molecule has 0 radical (unpaired) electrons. The van der Waals surface area contributed by atoms with Crippen molar-refractivity contribution in [3.63, 3.8) is 0 Å². The van der Waals surface area contributed by atoms with E-state index in [1.807, 2.05) is 6.92 Å². The van der Waals surface area contributed by atoms with Gasteiger partial charge in [-0.25, -0.2) is 0 Å². The van der Waals surface area contributed by atoms with Gasteiger partial charge in [-0.1, -0.05) is 23.2 Å². The Labute approximate surface area is 175 Å². The van der Waals surface area contributed by atoms with Crippen LogP contribution in [-0.2, 0) is 9.59 Å². The number of nitrogens with one attached hydrogen (secondary N) is 1. The van der Waals surface area contributed by atoms with Crippen LogP contribution in [-0.4, -0.2) is 25.5 Å². The molecule has 0 bridgehead atoms. The average molecular weight is 472 g/mol. The van der Waals surface area contributed by atoms with E-state index in [9.17, 15) is 9.59 Å². The molecule has 1 aliphatic rings. The summed E-state index contributed by atoms with van der Waals surface area (Å²) in [5.74, 6) is -0.332. The molecule has 1 N–H and O–H groups in total. The van der Waals surface area contributed by atoms with Gasteiger partial charge in [0.2, 0.25) is 11.8 Å². The fraction of sp³-hybridized carbons (Fsp3) is 0.263. The molecule has 1 saturated heterocycles. The monoisotopic (exact) mass is 470 g/mol. The zero-order valence-electron chi connectivity index (χ0n) is 14.7. The first kappa shape index (κ1) is 20.0. The molecule has 142 valence electrons. The smallest absolute Gasteiger partial charge is 0.229 e. The maximum atomic E-state index is 12.7. The topological polar surface area (TPSA) is 58.6 Å². The number of halogens is 3. The lowest BCUT2D eigenvalue weighted by Crippen LogP contribution is -2.28. The SMILES string of the molecule is COc1ccc(Cl)cc1N1C[C@H](C(=O)Nc2ccc(Br)c(Cl)c2C)CC1=O. The Kier molecular flexibility index (Phi) is 5.99. The molecule has 1 fully saturated rings. The third-order valence-corrected chi connectivity index (χ3v) is 6.14. The molecule has 5 nitrogen and oxygen atoms in total. The Morgan fingerprint density at radius 3 is 2.74 bits per heavy atom. The molecule has 0 saturated carbocycles. The molecule has 8 heteroatoms. The Hall–Kier alpha value is -1.76. The number of benzene rings is 2. The third kappa shape index (κ3) is 4.08. The van der Waals surface area contributed by atoms with Gasteiger partial charge in [-0.15, -0.1) is 0 Å². The summed E-state index contributed by atoms with van der Waals surface area (Å²) in [5, 5.41) is 3.91. The zero-order chi connectivity index (χ0) is 19.7. The summed E-state index contributed by atoms with van der Waals surface area (Å²) >= 11 is 15.6. The van der Waals surface area contributed by atoms with Crippen LogP contribution in [0, 0.1) is 12.8 Å². The van der Waals surface area contributed by atoms with Crippen molar-refractivity contribution in [1.82, 2.24) is 0 Å². The highest BCUT2D eigenvalue weighted by atomic mass is 79.9. The van der Waals surface area contributed by atoms with E-state index in [4.69, 9.17) is 27.9 Å². The van der Waals surface area contributed by atoms with Crippen LogP contribution >= 0.6 is 39.1 Å². The molecule has 0 aromatic heterocycles. The molecular weight excluding hydrogens is 455 g/mol. The van der Waals surface area contributed by atoms with E-state index in [-0.39, 0.29) is 24.8 Å². The molecule has 1 atom stereocenters. The molecule has 27 heavy (non-hydrogen) atoms. The predicted molar refractivity (Wildman–Crippen MR) is 111 cm³/mol. The molecule has 1 aliphatic heterocycles. The molecule has 0 aliphatic carbocycles. The summed E-state index contributed by atoms with van der Waals surface area (Å²) in [5.41, 5.74) is 1.95. The van der Waals surface area contributed by atoms with Crippen molar-refractivity contribution in [3.05, 3.63) is 50.4 Å². The lowest BCUT2D eigenvalue weighted by molar-refractivity contribution is -0.122. The predicted octanol–water partition coefficient (Wildman–Crippen LogP) is 5.06. The van der Waals surface area contributed by atoms with Crippen LogP contribution in [0.5, 0.6) is 5.75 Å². The van der Waals surface area contributed by atoms with Crippen molar-refractivity contribution in [2.75, 3.05) is 23.9 Å². The summed E-state index contributed by atoms with van der Waals surface area (Å²) < 4.78 is 6.08. The van der Waals surface area contributed by atoms with Gasteiger partial charge >= 0.3 is 0 Å². The highest BCUT2D eigenvalue weighted by Crippen LogP contribution is 2.36. The van der Waals surface area contributed by atoms with Crippen molar-refractivity contribution in [2.45, 2.75) is 13.3 Å². The normalized spacial score (nSPS) is 16.6. The highest BCUT2D eigenvalue weighted by Gasteiger charge is 2.36. The second-order valence-corrected chi connectivity index (χ2v) is 7.91. The summed E-state index contributed by atoms with van der Waals surface area (Å²) in [7, 11) is 1.53. The van der Waals surface area contributed by atoms with Crippen molar-refractivity contribution in [3.8, 4) is 5.75 Å². The van der Waals surface area contributed by atoms with Crippen LogP contribution in [0.4, 0.5) is 11.4 Å². The highest BCUT2D eigenvalue weighted by molar-refractivity contribution is 9.10. The van der Waals surface area contributed by atoms with E-state index in [0.29, 0.717) is 27.2 Å². The number of carbonyl (C=O) groups excluding carboxylic acids is 2. The second-order valence-electron chi connectivity index (χ2n) is 6.24. The van der Waals surface area contributed by atoms with Crippen molar-refractivity contribution in [2.24, 2.45) is 5.92 Å². The number of ether oxygens (including phenoxy) is 1. The fourth-order valence-electron chi connectivity index (χ4n) is 3.01. The van der Waals surface area contributed by atoms with E-state index in [2.05, 4.69) is 21.2 Å². The average Bonchev–Trinajstić information content (AvgIpc) is 3.04. The first-order valence-corrected chi connectivity index (χ1v) is 9.76. The van der Waals surface area contributed by atoms with Crippen LogP contribution in [0.1, 0.15) is 12.0 Å². The summed E-state index contributed by atoms with van der Waals surface area (Å²) in [4.78, 5) is 26.8. The van der Waals surface area contributed by atoms with E-state index in [1.54, 1.807) is 30.3 Å². The van der Waals surface area contributed by atoms with Gasteiger partial charge in [0.1, 0.15) is 5.75 Å². The second kappa shape index (κ2) is 8.09. The van der Waals surface area contributed by atoms with Crippen LogP contribution < -0.4 is 15.0 Å². The van der Waals surface area contributed by atoms with E-state index < -0.39 is 5.92 Å². The van der Waals surface area contributed by atoms with Crippen LogP contribution in [0.25, 0.3) is 0 Å². The number of anilines is 2. The van der Waals surface area contributed by atoms with Crippen LogP contribution in [0.15, 0.2) is 34.8 Å². The molecule has 0 unspecified atom stereocenters. The molecule has 1 heterocycles. The van der Waals surface area contributed by atoms with E-state index >= 15 is 0 Å². The third-order valence-electron chi connectivity index (χ3n) is 4.52. The largest absolute Gasteiger partial charge is 0.495 e. The summed E-state index contributed by atoms with van der Waals surface area (Å²) in [6, 6.07) is 8.60. The molecule has 0 spiro atoms. The molecule has 2 aromatic rings. The van der Waals surface area contributed by atoms with Crippen molar-refractivity contribution < 1.29 is 14.3 Å². The minimum absolute atomic E-state index is 0.116. The Morgan fingerprint density at radius 2 is 2.04 bits per heavy atom. The van der Waals surface area contributed by atoms with Gasteiger partial charge in [0.25, 0.3) is 0 Å². The van der Waals surface area contributed by atoms with Gasteiger partial charge in [-0.2, -0.15) is 0 Å². The van der Waals surface area contributed by atoms with E-state index in [0.717, 1.165) is 10.0 Å². The van der Waals surface area contributed by atoms with Gasteiger partial charge in [0, 0.05) is 28.1 Å². The Balaban J connectivity index is 1.79. The zero-order valence-corrected chi connectivity index (χ0v) is 17.8. The molecule has 2 aromatic carbocycles. The number of hydrogen-bond acceptors (Lipinski definition) is 3. The fourth-order valence-corrected chi connectivity index (χ4v) is 3.77. The van der Waals surface area contributed by atoms with Crippen LogP contribution in [0.3, 0.4) is 0 Å². The van der Waals surface area contributed by atoms with Gasteiger partial charge in [-0.3, -0.25) is 9.59 Å². The minimum Gasteiger partial charge on any atom is -0.495 e. The maximum Gasteiger partial charge on any atom is 0.229 e. The van der Waals surface area contributed by atoms with Crippen molar-refractivity contribution >= 4 is 62.3 Å². The quantitative estimate of drug-likeness (QED) is 0.677. The van der Waals surface area contributed by atoms with Crippen molar-refractivity contribution in [1.29, 1.82) is 0 Å². The van der Waals surface area contributed by atoms with E-state index in [1.165, 1.54) is 12.0 Å². The van der Waals surface area contributed by atoms with Gasteiger partial charge in [0.05, 0.1) is 23.7 Å².